The number of amides is 1. The molecule has 0 aliphatic carbocycles. The molecule has 0 aliphatic rings. The van der Waals surface area contributed by atoms with E-state index in [1.54, 1.807) is 11.5 Å². The van der Waals surface area contributed by atoms with Crippen molar-refractivity contribution in [2.45, 2.75) is 51.4 Å². The summed E-state index contributed by atoms with van der Waals surface area (Å²) in [6.45, 7) is 11.2. The number of carbonyl (C=O) groups excluding carboxylic acids is 1. The fraction of sp³-hybridized carbons (Fsp3) is 0.381. The lowest BCUT2D eigenvalue weighted by molar-refractivity contribution is -0.124. The molecule has 2 rings (SSSR count). The SMILES string of the molecule is CC(C)(C)[Si](C)(C)OC(Cc1ccc(/C=C/C(=O)NO)o1)c1ccccc1. The molecule has 0 saturated heterocycles. The van der Waals surface area contributed by atoms with Crippen LogP contribution in [0.3, 0.4) is 0 Å². The number of rotatable bonds is 7. The number of furan rings is 1. The second-order valence-electron chi connectivity index (χ2n) is 8.10. The third-order valence-corrected chi connectivity index (χ3v) is 9.48. The van der Waals surface area contributed by atoms with Gasteiger partial charge in [0.2, 0.25) is 0 Å². The van der Waals surface area contributed by atoms with Crippen molar-refractivity contribution in [1.29, 1.82) is 0 Å². The Bertz CT molecular complexity index is 775. The molecule has 27 heavy (non-hydrogen) atoms. The first-order valence-corrected chi connectivity index (χ1v) is 12.0. The normalized spacial score (nSPS) is 13.7. The zero-order chi connectivity index (χ0) is 20.1. The topological polar surface area (TPSA) is 71.7 Å². The van der Waals surface area contributed by atoms with Crippen molar-refractivity contribution in [1.82, 2.24) is 5.48 Å². The van der Waals surface area contributed by atoms with E-state index in [1.165, 1.54) is 12.2 Å². The summed E-state index contributed by atoms with van der Waals surface area (Å²) >= 11 is 0. The molecule has 0 radical (unpaired) electrons. The van der Waals surface area contributed by atoms with Crippen LogP contribution in [0.5, 0.6) is 0 Å². The summed E-state index contributed by atoms with van der Waals surface area (Å²) in [6.07, 6.45) is 3.23. The first kappa shape index (κ1) is 21.2. The van der Waals surface area contributed by atoms with E-state index in [0.29, 0.717) is 12.2 Å². The number of carbonyl (C=O) groups is 1. The fourth-order valence-corrected chi connectivity index (χ4v) is 3.68. The van der Waals surface area contributed by atoms with Gasteiger partial charge in [0.1, 0.15) is 11.5 Å². The lowest BCUT2D eigenvalue weighted by atomic mass is 10.1. The lowest BCUT2D eigenvalue weighted by Crippen LogP contribution is -2.42. The van der Waals surface area contributed by atoms with E-state index in [1.807, 2.05) is 24.3 Å². The third-order valence-electron chi connectivity index (χ3n) is 4.99. The monoisotopic (exact) mass is 387 g/mol. The Kier molecular flexibility index (Phi) is 6.81. The number of nitrogens with one attached hydrogen (secondary N) is 1. The van der Waals surface area contributed by atoms with Gasteiger partial charge in [0.25, 0.3) is 5.91 Å². The molecule has 2 aromatic rings. The third kappa shape index (κ3) is 5.92. The molecule has 2 N–H and O–H groups in total. The van der Waals surface area contributed by atoms with Gasteiger partial charge in [0.05, 0.1) is 6.10 Å². The van der Waals surface area contributed by atoms with E-state index in [4.69, 9.17) is 14.1 Å². The van der Waals surface area contributed by atoms with Crippen molar-refractivity contribution in [3.05, 3.63) is 65.6 Å². The highest BCUT2D eigenvalue weighted by atomic mass is 28.4. The minimum atomic E-state index is -1.97. The molecule has 5 nitrogen and oxygen atoms in total. The van der Waals surface area contributed by atoms with Crippen molar-refractivity contribution in [2.24, 2.45) is 0 Å². The molecular formula is C21H29NO4Si. The van der Waals surface area contributed by atoms with Crippen LogP contribution in [0.2, 0.25) is 18.1 Å². The second kappa shape index (κ2) is 8.69. The minimum Gasteiger partial charge on any atom is -0.462 e. The molecule has 6 heteroatoms. The maximum atomic E-state index is 11.1. The summed E-state index contributed by atoms with van der Waals surface area (Å²) in [5.74, 6) is 0.732. The van der Waals surface area contributed by atoms with Crippen LogP contribution in [-0.4, -0.2) is 19.4 Å². The van der Waals surface area contributed by atoms with Gasteiger partial charge in [0.15, 0.2) is 8.32 Å². The van der Waals surface area contributed by atoms with Gasteiger partial charge in [0, 0.05) is 12.5 Å². The molecule has 1 amide bonds. The molecule has 0 saturated carbocycles. The highest BCUT2D eigenvalue weighted by Crippen LogP contribution is 2.40. The van der Waals surface area contributed by atoms with Gasteiger partial charge in [-0.1, -0.05) is 51.1 Å². The van der Waals surface area contributed by atoms with Crippen molar-refractivity contribution < 1.29 is 18.8 Å². The van der Waals surface area contributed by atoms with E-state index in [2.05, 4.69) is 46.0 Å². The van der Waals surface area contributed by atoms with Crippen LogP contribution in [-0.2, 0) is 15.6 Å². The fourth-order valence-electron chi connectivity index (χ4n) is 2.40. The van der Waals surface area contributed by atoms with Crippen LogP contribution in [0.1, 0.15) is 44.0 Å². The van der Waals surface area contributed by atoms with Gasteiger partial charge in [-0.05, 0) is 41.9 Å². The van der Waals surface area contributed by atoms with E-state index in [-0.39, 0.29) is 11.1 Å². The molecule has 1 aromatic heterocycles. The van der Waals surface area contributed by atoms with Gasteiger partial charge in [-0.3, -0.25) is 10.0 Å². The summed E-state index contributed by atoms with van der Waals surface area (Å²) in [5.41, 5.74) is 2.67. The summed E-state index contributed by atoms with van der Waals surface area (Å²) in [4.78, 5) is 11.1. The Labute approximate surface area is 162 Å². The van der Waals surface area contributed by atoms with Crippen molar-refractivity contribution >= 4 is 20.3 Å². The van der Waals surface area contributed by atoms with Gasteiger partial charge >= 0.3 is 0 Å². The highest BCUT2D eigenvalue weighted by molar-refractivity contribution is 6.74. The van der Waals surface area contributed by atoms with Crippen LogP contribution in [0.15, 0.2) is 53.0 Å². The Morgan fingerprint density at radius 1 is 1.22 bits per heavy atom. The van der Waals surface area contributed by atoms with E-state index in [9.17, 15) is 4.79 Å². The Morgan fingerprint density at radius 2 is 1.89 bits per heavy atom. The molecule has 1 aromatic carbocycles. The average Bonchev–Trinajstić information content (AvgIpc) is 3.06. The predicted molar refractivity (Wildman–Crippen MR) is 109 cm³/mol. The number of hydroxylamine groups is 1. The summed E-state index contributed by atoms with van der Waals surface area (Å²) in [5, 5.41) is 8.65. The van der Waals surface area contributed by atoms with Crippen LogP contribution in [0.25, 0.3) is 6.08 Å². The molecule has 146 valence electrons. The summed E-state index contributed by atoms with van der Waals surface area (Å²) in [6, 6.07) is 13.9. The zero-order valence-corrected chi connectivity index (χ0v) is 17.7. The molecule has 0 fully saturated rings. The van der Waals surface area contributed by atoms with Crippen LogP contribution < -0.4 is 5.48 Å². The molecule has 0 spiro atoms. The molecule has 0 bridgehead atoms. The maximum Gasteiger partial charge on any atom is 0.267 e. The predicted octanol–water partition coefficient (Wildman–Crippen LogP) is 5.10. The number of benzene rings is 1. The number of hydrogen-bond acceptors (Lipinski definition) is 4. The zero-order valence-electron chi connectivity index (χ0n) is 16.7. The minimum absolute atomic E-state index is 0.101. The maximum absolute atomic E-state index is 11.1. The van der Waals surface area contributed by atoms with Crippen LogP contribution in [0.4, 0.5) is 0 Å². The van der Waals surface area contributed by atoms with Crippen molar-refractivity contribution in [3.8, 4) is 0 Å². The average molecular weight is 388 g/mol. The Balaban J connectivity index is 2.22. The van der Waals surface area contributed by atoms with Gasteiger partial charge in [-0.25, -0.2) is 5.48 Å². The van der Waals surface area contributed by atoms with Crippen LogP contribution in [0, 0.1) is 0 Å². The van der Waals surface area contributed by atoms with E-state index in [0.717, 1.165) is 11.3 Å². The Morgan fingerprint density at radius 3 is 2.48 bits per heavy atom. The Hall–Kier alpha value is -2.15. The molecule has 1 heterocycles. The molecule has 0 aliphatic heterocycles. The molecular weight excluding hydrogens is 358 g/mol. The summed E-state index contributed by atoms with van der Waals surface area (Å²) in [7, 11) is -1.97. The van der Waals surface area contributed by atoms with Gasteiger partial charge in [-0.15, -0.1) is 0 Å². The molecule has 1 unspecified atom stereocenters. The first-order chi connectivity index (χ1) is 12.6. The quantitative estimate of drug-likeness (QED) is 0.300. The summed E-state index contributed by atoms with van der Waals surface area (Å²) < 4.78 is 12.5. The van der Waals surface area contributed by atoms with E-state index >= 15 is 0 Å². The lowest BCUT2D eigenvalue weighted by Gasteiger charge is -2.39. The standard InChI is InChI=1S/C21H29NO4Si/c1-21(2,3)27(4,5)26-19(16-9-7-6-8-10-16)15-18-12-11-17(25-18)13-14-20(23)22-24/h6-14,19,24H,15H2,1-5H3,(H,22,23)/b14-13+. The molecule has 1 atom stereocenters. The first-order valence-electron chi connectivity index (χ1n) is 9.06. The highest BCUT2D eigenvalue weighted by Gasteiger charge is 2.39. The van der Waals surface area contributed by atoms with E-state index < -0.39 is 14.2 Å². The van der Waals surface area contributed by atoms with Crippen molar-refractivity contribution in [3.63, 3.8) is 0 Å². The largest absolute Gasteiger partial charge is 0.462 e. The smallest absolute Gasteiger partial charge is 0.267 e. The van der Waals surface area contributed by atoms with Gasteiger partial charge in [-0.2, -0.15) is 0 Å². The van der Waals surface area contributed by atoms with Gasteiger partial charge < -0.3 is 8.84 Å². The number of hydrogen-bond donors (Lipinski definition) is 2. The van der Waals surface area contributed by atoms with Crippen LogP contribution >= 0.6 is 0 Å². The van der Waals surface area contributed by atoms with Crippen molar-refractivity contribution in [2.75, 3.05) is 0 Å². The second-order valence-corrected chi connectivity index (χ2v) is 12.9.